The topological polar surface area (TPSA) is 74.8 Å². The highest BCUT2D eigenvalue weighted by Gasteiger charge is 2.31. The minimum absolute atomic E-state index is 0.0533. The van der Waals surface area contributed by atoms with Crippen LogP contribution in [0.4, 0.5) is 24.0 Å². The Bertz CT molecular complexity index is 911. The number of ether oxygens (including phenoxy) is 1. The first-order valence-electron chi connectivity index (χ1n) is 9.79. The third kappa shape index (κ3) is 6.66. The fourth-order valence-electron chi connectivity index (χ4n) is 3.21. The molecule has 1 aliphatic rings. The van der Waals surface area contributed by atoms with Crippen LogP contribution in [0.2, 0.25) is 0 Å². The van der Waals surface area contributed by atoms with Crippen LogP contribution in [0.1, 0.15) is 18.2 Å². The van der Waals surface area contributed by atoms with Crippen molar-refractivity contribution < 1.29 is 27.5 Å². The molecule has 1 aromatic carbocycles. The molecule has 2 aromatic rings. The van der Waals surface area contributed by atoms with Gasteiger partial charge in [-0.2, -0.15) is 13.2 Å². The standard InChI is InChI=1S/C20H23F3N4O3S/c1-2-30-18(29)11-15-13-31-19(24-15)25-17(28)12-26-6-8-27(9-7-26)16-5-3-4-14(10-16)20(21,22)23/h3-5,10,13H,2,6-9,11-12H2,1H3,(H,24,25,28). The quantitative estimate of drug-likeness (QED) is 0.646. The highest BCUT2D eigenvalue weighted by atomic mass is 32.1. The van der Waals surface area contributed by atoms with Gasteiger partial charge in [-0.15, -0.1) is 11.3 Å². The minimum Gasteiger partial charge on any atom is -0.466 e. The molecule has 1 amide bonds. The van der Waals surface area contributed by atoms with E-state index in [1.54, 1.807) is 18.4 Å². The van der Waals surface area contributed by atoms with Crippen LogP contribution in [0.3, 0.4) is 0 Å². The maximum Gasteiger partial charge on any atom is 0.416 e. The van der Waals surface area contributed by atoms with Gasteiger partial charge in [-0.1, -0.05) is 6.07 Å². The SMILES string of the molecule is CCOC(=O)Cc1csc(NC(=O)CN2CCN(c3cccc(C(F)(F)F)c3)CC2)n1. The van der Waals surface area contributed by atoms with Gasteiger partial charge in [0, 0.05) is 37.2 Å². The number of alkyl halides is 3. The van der Waals surface area contributed by atoms with Gasteiger partial charge in [0.15, 0.2) is 5.13 Å². The predicted molar refractivity (Wildman–Crippen MR) is 111 cm³/mol. The lowest BCUT2D eigenvalue weighted by molar-refractivity contribution is -0.142. The number of hydrogen-bond acceptors (Lipinski definition) is 7. The van der Waals surface area contributed by atoms with Crippen LogP contribution in [0.25, 0.3) is 0 Å². The number of anilines is 2. The van der Waals surface area contributed by atoms with Gasteiger partial charge >= 0.3 is 12.1 Å². The van der Waals surface area contributed by atoms with Gasteiger partial charge in [0.2, 0.25) is 5.91 Å². The third-order valence-electron chi connectivity index (χ3n) is 4.71. The van der Waals surface area contributed by atoms with Crippen molar-refractivity contribution in [2.24, 2.45) is 0 Å². The first-order chi connectivity index (χ1) is 14.7. The van der Waals surface area contributed by atoms with Gasteiger partial charge in [0.05, 0.1) is 30.8 Å². The summed E-state index contributed by atoms with van der Waals surface area (Å²) in [6.07, 6.45) is -4.32. The molecular weight excluding hydrogens is 433 g/mol. The molecule has 0 spiro atoms. The van der Waals surface area contributed by atoms with Gasteiger partial charge < -0.3 is 15.0 Å². The number of piperazine rings is 1. The van der Waals surface area contributed by atoms with Gasteiger partial charge in [-0.3, -0.25) is 14.5 Å². The van der Waals surface area contributed by atoms with Gasteiger partial charge in [0.1, 0.15) is 0 Å². The van der Waals surface area contributed by atoms with Gasteiger partial charge in [0.25, 0.3) is 0 Å². The highest BCUT2D eigenvalue weighted by molar-refractivity contribution is 7.13. The van der Waals surface area contributed by atoms with Crippen molar-refractivity contribution in [2.75, 3.05) is 49.5 Å². The molecule has 31 heavy (non-hydrogen) atoms. The Balaban J connectivity index is 1.46. The summed E-state index contributed by atoms with van der Waals surface area (Å²) in [6.45, 7) is 4.33. The molecule has 1 aromatic heterocycles. The summed E-state index contributed by atoms with van der Waals surface area (Å²) < 4.78 is 43.6. The number of benzene rings is 1. The first kappa shape index (κ1) is 23.0. The van der Waals surface area contributed by atoms with Crippen LogP contribution in [0.5, 0.6) is 0 Å². The second-order valence-electron chi connectivity index (χ2n) is 6.99. The average molecular weight is 456 g/mol. The monoisotopic (exact) mass is 456 g/mol. The van der Waals surface area contributed by atoms with E-state index in [0.29, 0.717) is 49.3 Å². The molecule has 1 aliphatic heterocycles. The van der Waals surface area contributed by atoms with Gasteiger partial charge in [-0.25, -0.2) is 4.98 Å². The summed E-state index contributed by atoms with van der Waals surface area (Å²) in [5, 5.41) is 4.82. The van der Waals surface area contributed by atoms with E-state index in [2.05, 4.69) is 10.3 Å². The molecule has 168 valence electrons. The summed E-state index contributed by atoms with van der Waals surface area (Å²) in [4.78, 5) is 31.8. The lowest BCUT2D eigenvalue weighted by atomic mass is 10.1. The molecule has 0 radical (unpaired) electrons. The molecule has 0 aliphatic carbocycles. The second-order valence-corrected chi connectivity index (χ2v) is 7.84. The largest absolute Gasteiger partial charge is 0.466 e. The van der Waals surface area contributed by atoms with E-state index in [9.17, 15) is 22.8 Å². The Morgan fingerprint density at radius 1 is 1.23 bits per heavy atom. The minimum atomic E-state index is -4.37. The third-order valence-corrected chi connectivity index (χ3v) is 5.51. The number of halogens is 3. The van der Waals surface area contributed by atoms with Crippen molar-refractivity contribution in [1.82, 2.24) is 9.88 Å². The molecule has 7 nitrogen and oxygen atoms in total. The van der Waals surface area contributed by atoms with Crippen LogP contribution in [0.15, 0.2) is 29.6 Å². The number of nitrogens with zero attached hydrogens (tertiary/aromatic N) is 3. The van der Waals surface area contributed by atoms with Crippen molar-refractivity contribution in [1.29, 1.82) is 0 Å². The first-order valence-corrected chi connectivity index (χ1v) is 10.7. The smallest absolute Gasteiger partial charge is 0.416 e. The zero-order valence-electron chi connectivity index (χ0n) is 16.9. The Hall–Kier alpha value is -2.66. The lowest BCUT2D eigenvalue weighted by Gasteiger charge is -2.35. The molecule has 11 heteroatoms. The average Bonchev–Trinajstić information content (AvgIpc) is 3.14. The van der Waals surface area contributed by atoms with Crippen molar-refractivity contribution in [2.45, 2.75) is 19.5 Å². The molecule has 0 bridgehead atoms. The fourth-order valence-corrected chi connectivity index (χ4v) is 3.94. The van der Waals surface area contributed by atoms with Crippen LogP contribution in [0, 0.1) is 0 Å². The van der Waals surface area contributed by atoms with E-state index in [1.807, 2.05) is 9.80 Å². The molecule has 1 N–H and O–H groups in total. The molecule has 0 unspecified atom stereocenters. The summed E-state index contributed by atoms with van der Waals surface area (Å²) in [6, 6.07) is 5.27. The van der Waals surface area contributed by atoms with E-state index in [1.165, 1.54) is 17.4 Å². The van der Waals surface area contributed by atoms with Crippen molar-refractivity contribution >= 4 is 34.0 Å². The Morgan fingerprint density at radius 2 is 1.97 bits per heavy atom. The zero-order valence-corrected chi connectivity index (χ0v) is 17.8. The lowest BCUT2D eigenvalue weighted by Crippen LogP contribution is -2.48. The van der Waals surface area contributed by atoms with Crippen molar-refractivity contribution in [3.63, 3.8) is 0 Å². The van der Waals surface area contributed by atoms with E-state index < -0.39 is 11.7 Å². The Kier molecular flexibility index (Phi) is 7.50. The Morgan fingerprint density at radius 3 is 2.65 bits per heavy atom. The predicted octanol–water partition coefficient (Wildman–Crippen LogP) is 3.03. The number of amides is 1. The van der Waals surface area contributed by atoms with E-state index >= 15 is 0 Å². The van der Waals surface area contributed by atoms with Crippen molar-refractivity contribution in [3.8, 4) is 0 Å². The zero-order chi connectivity index (χ0) is 22.4. The normalized spacial score (nSPS) is 15.0. The number of esters is 1. The molecule has 2 heterocycles. The van der Waals surface area contributed by atoms with E-state index in [-0.39, 0.29) is 24.8 Å². The van der Waals surface area contributed by atoms with E-state index in [0.717, 1.165) is 12.1 Å². The number of carbonyl (C=O) groups is 2. The van der Waals surface area contributed by atoms with Crippen LogP contribution < -0.4 is 10.2 Å². The van der Waals surface area contributed by atoms with Crippen LogP contribution >= 0.6 is 11.3 Å². The molecule has 0 atom stereocenters. The fraction of sp³-hybridized carbons (Fsp3) is 0.450. The van der Waals surface area contributed by atoms with Crippen molar-refractivity contribution in [3.05, 3.63) is 40.9 Å². The van der Waals surface area contributed by atoms with Crippen LogP contribution in [-0.2, 0) is 26.9 Å². The van der Waals surface area contributed by atoms with Gasteiger partial charge in [-0.05, 0) is 25.1 Å². The number of carbonyl (C=O) groups excluding carboxylic acids is 2. The number of aromatic nitrogens is 1. The molecule has 3 rings (SSSR count). The number of nitrogens with one attached hydrogen (secondary N) is 1. The second kappa shape index (κ2) is 10.1. The molecular formula is C20H23F3N4O3S. The number of hydrogen-bond donors (Lipinski definition) is 1. The van der Waals surface area contributed by atoms with Crippen LogP contribution in [-0.4, -0.2) is 61.1 Å². The highest BCUT2D eigenvalue weighted by Crippen LogP contribution is 2.31. The maximum absolute atomic E-state index is 12.9. The van der Waals surface area contributed by atoms with E-state index in [4.69, 9.17) is 4.74 Å². The maximum atomic E-state index is 12.9. The summed E-state index contributed by atoms with van der Waals surface area (Å²) in [7, 11) is 0. The summed E-state index contributed by atoms with van der Waals surface area (Å²) in [5.74, 6) is -0.603. The molecule has 0 saturated carbocycles. The number of rotatable bonds is 7. The number of thiazole rings is 1. The summed E-state index contributed by atoms with van der Waals surface area (Å²) in [5.41, 5.74) is 0.391. The Labute approximate surface area is 181 Å². The molecule has 1 fully saturated rings. The summed E-state index contributed by atoms with van der Waals surface area (Å²) >= 11 is 1.23. The molecule has 1 saturated heterocycles.